The van der Waals surface area contributed by atoms with Crippen molar-refractivity contribution in [3.8, 4) is 5.75 Å². The van der Waals surface area contributed by atoms with Crippen LogP contribution in [0.15, 0.2) is 85.1 Å². The van der Waals surface area contributed by atoms with E-state index >= 15 is 0 Å². The number of carbonyl (C=O) groups excluding carboxylic acids is 1. The molecule has 1 fully saturated rings. The largest absolute Gasteiger partial charge is 0.487 e. The summed E-state index contributed by atoms with van der Waals surface area (Å²) in [5.74, 6) is 0.721. The SMILES string of the molecule is O=C(/C=C/c1ccc(OCc2ccccn2)cc1)N[C@@H]1CCN(Cc2ccccc2)C1. The maximum absolute atomic E-state index is 12.3. The van der Waals surface area contributed by atoms with E-state index in [1.54, 1.807) is 12.3 Å². The molecule has 1 amide bonds. The number of nitrogens with one attached hydrogen (secondary N) is 1. The highest BCUT2D eigenvalue weighted by Crippen LogP contribution is 2.15. The van der Waals surface area contributed by atoms with Crippen molar-refractivity contribution < 1.29 is 9.53 Å². The average Bonchev–Trinajstić information content (AvgIpc) is 3.25. The molecule has 1 saturated heterocycles. The minimum atomic E-state index is -0.0537. The molecular weight excluding hydrogens is 386 g/mol. The predicted octanol–water partition coefficient (Wildman–Crippen LogP) is 4.06. The lowest BCUT2D eigenvalue weighted by molar-refractivity contribution is -0.117. The molecule has 1 aromatic heterocycles. The van der Waals surface area contributed by atoms with E-state index in [-0.39, 0.29) is 11.9 Å². The van der Waals surface area contributed by atoms with Gasteiger partial charge in [0.25, 0.3) is 0 Å². The fourth-order valence-electron chi connectivity index (χ4n) is 3.67. The highest BCUT2D eigenvalue weighted by atomic mass is 16.5. The lowest BCUT2D eigenvalue weighted by Gasteiger charge is -2.16. The van der Waals surface area contributed by atoms with Crippen molar-refractivity contribution in [1.82, 2.24) is 15.2 Å². The Kier molecular flexibility index (Phi) is 7.08. The van der Waals surface area contributed by atoms with Gasteiger partial charge < -0.3 is 10.1 Å². The van der Waals surface area contributed by atoms with Crippen molar-refractivity contribution in [3.05, 3.63) is 102 Å². The summed E-state index contributed by atoms with van der Waals surface area (Å²) in [5, 5.41) is 3.12. The lowest BCUT2D eigenvalue weighted by atomic mass is 10.2. The molecule has 2 aromatic carbocycles. The number of rotatable bonds is 8. The van der Waals surface area contributed by atoms with Crippen LogP contribution in [0.3, 0.4) is 0 Å². The third-order valence-electron chi connectivity index (χ3n) is 5.29. The molecule has 158 valence electrons. The van der Waals surface area contributed by atoms with Crippen LogP contribution < -0.4 is 10.1 Å². The highest BCUT2D eigenvalue weighted by molar-refractivity contribution is 5.91. The zero-order valence-electron chi connectivity index (χ0n) is 17.5. The van der Waals surface area contributed by atoms with Crippen LogP contribution in [0.2, 0.25) is 0 Å². The second-order valence-corrected chi connectivity index (χ2v) is 7.73. The molecule has 1 atom stereocenters. The quantitative estimate of drug-likeness (QED) is 0.566. The lowest BCUT2D eigenvalue weighted by Crippen LogP contribution is -2.35. The summed E-state index contributed by atoms with van der Waals surface area (Å²) in [6.07, 6.45) is 6.16. The average molecular weight is 414 g/mol. The van der Waals surface area contributed by atoms with Gasteiger partial charge in [-0.05, 0) is 47.9 Å². The molecule has 0 aliphatic carbocycles. The maximum atomic E-state index is 12.3. The number of nitrogens with zero attached hydrogens (tertiary/aromatic N) is 2. The van der Waals surface area contributed by atoms with Gasteiger partial charge in [-0.25, -0.2) is 0 Å². The number of hydrogen-bond donors (Lipinski definition) is 1. The van der Waals surface area contributed by atoms with E-state index in [2.05, 4.69) is 39.5 Å². The first-order valence-electron chi connectivity index (χ1n) is 10.6. The Labute approximate surface area is 183 Å². The molecule has 3 aromatic rings. The number of aromatic nitrogens is 1. The van der Waals surface area contributed by atoms with E-state index in [1.165, 1.54) is 5.56 Å². The molecule has 1 aliphatic heterocycles. The third kappa shape index (κ3) is 6.52. The summed E-state index contributed by atoms with van der Waals surface area (Å²) < 4.78 is 5.74. The van der Waals surface area contributed by atoms with Gasteiger partial charge in [0.1, 0.15) is 12.4 Å². The Balaban J connectivity index is 1.21. The predicted molar refractivity (Wildman–Crippen MR) is 122 cm³/mol. The van der Waals surface area contributed by atoms with Crippen molar-refractivity contribution in [3.63, 3.8) is 0 Å². The molecule has 1 aliphatic rings. The highest BCUT2D eigenvalue weighted by Gasteiger charge is 2.23. The molecule has 2 heterocycles. The van der Waals surface area contributed by atoms with Crippen molar-refractivity contribution in [1.29, 1.82) is 0 Å². The molecule has 5 nitrogen and oxygen atoms in total. The van der Waals surface area contributed by atoms with Gasteiger partial charge in [-0.2, -0.15) is 0 Å². The van der Waals surface area contributed by atoms with Gasteiger partial charge >= 0.3 is 0 Å². The van der Waals surface area contributed by atoms with Gasteiger partial charge in [0, 0.05) is 37.9 Å². The first kappa shape index (κ1) is 20.8. The number of ether oxygens (including phenoxy) is 1. The van der Waals surface area contributed by atoms with Crippen LogP contribution in [0, 0.1) is 0 Å². The topological polar surface area (TPSA) is 54.5 Å². The summed E-state index contributed by atoms with van der Waals surface area (Å²) in [5.41, 5.74) is 3.15. The number of hydrogen-bond acceptors (Lipinski definition) is 4. The van der Waals surface area contributed by atoms with E-state index in [9.17, 15) is 4.79 Å². The van der Waals surface area contributed by atoms with Crippen LogP contribution in [0.1, 0.15) is 23.2 Å². The van der Waals surface area contributed by atoms with Gasteiger partial charge in [-0.1, -0.05) is 48.5 Å². The number of likely N-dealkylation sites (tertiary alicyclic amines) is 1. The van der Waals surface area contributed by atoms with Crippen LogP contribution in [-0.4, -0.2) is 34.9 Å². The number of benzene rings is 2. The van der Waals surface area contributed by atoms with Crippen LogP contribution in [-0.2, 0) is 17.9 Å². The third-order valence-corrected chi connectivity index (χ3v) is 5.29. The molecule has 1 N–H and O–H groups in total. The number of carbonyl (C=O) groups is 1. The van der Waals surface area contributed by atoms with Crippen LogP contribution >= 0.6 is 0 Å². The molecule has 5 heteroatoms. The molecule has 0 unspecified atom stereocenters. The molecule has 0 spiro atoms. The smallest absolute Gasteiger partial charge is 0.244 e. The Bertz CT molecular complexity index is 988. The van der Waals surface area contributed by atoms with E-state index < -0.39 is 0 Å². The van der Waals surface area contributed by atoms with Gasteiger partial charge in [0.2, 0.25) is 5.91 Å². The normalized spacial score (nSPS) is 16.5. The Morgan fingerprint density at radius 1 is 1.06 bits per heavy atom. The van der Waals surface area contributed by atoms with E-state index in [0.717, 1.165) is 43.1 Å². The Morgan fingerprint density at radius 3 is 2.65 bits per heavy atom. The zero-order valence-corrected chi connectivity index (χ0v) is 17.5. The van der Waals surface area contributed by atoms with E-state index in [1.807, 2.05) is 54.6 Å². The molecule has 0 saturated carbocycles. The first-order valence-corrected chi connectivity index (χ1v) is 10.6. The molecular formula is C26H27N3O2. The Morgan fingerprint density at radius 2 is 1.87 bits per heavy atom. The second kappa shape index (κ2) is 10.5. The number of pyridine rings is 1. The van der Waals surface area contributed by atoms with Crippen LogP contribution in [0.5, 0.6) is 5.75 Å². The fourth-order valence-corrected chi connectivity index (χ4v) is 3.67. The van der Waals surface area contributed by atoms with Crippen molar-refractivity contribution in [2.75, 3.05) is 13.1 Å². The molecule has 0 bridgehead atoms. The Hall–Kier alpha value is -3.44. The summed E-state index contributed by atoms with van der Waals surface area (Å²) in [4.78, 5) is 18.9. The number of amides is 1. The van der Waals surface area contributed by atoms with Gasteiger partial charge in [-0.3, -0.25) is 14.7 Å². The monoisotopic (exact) mass is 413 g/mol. The molecule has 31 heavy (non-hydrogen) atoms. The van der Waals surface area contributed by atoms with Crippen molar-refractivity contribution in [2.24, 2.45) is 0 Å². The summed E-state index contributed by atoms with van der Waals surface area (Å²) in [6, 6.07) is 24.1. The maximum Gasteiger partial charge on any atom is 0.244 e. The van der Waals surface area contributed by atoms with Crippen LogP contribution in [0.25, 0.3) is 6.08 Å². The minimum absolute atomic E-state index is 0.0537. The van der Waals surface area contributed by atoms with Gasteiger partial charge in [0.05, 0.1) is 5.69 Å². The second-order valence-electron chi connectivity index (χ2n) is 7.73. The van der Waals surface area contributed by atoms with Crippen molar-refractivity contribution >= 4 is 12.0 Å². The zero-order chi connectivity index (χ0) is 21.3. The standard InChI is InChI=1S/C26H27N3O2/c30-26(28-23-15-17-29(19-23)18-22-6-2-1-3-7-22)14-11-21-9-12-25(13-10-21)31-20-24-8-4-5-16-27-24/h1-14,16,23H,15,17-20H2,(H,28,30)/b14-11+/t23-/m1/s1. The van der Waals surface area contributed by atoms with Gasteiger partial charge in [-0.15, -0.1) is 0 Å². The van der Waals surface area contributed by atoms with E-state index in [4.69, 9.17) is 4.74 Å². The van der Waals surface area contributed by atoms with E-state index in [0.29, 0.717) is 6.61 Å². The molecule has 0 radical (unpaired) electrons. The minimum Gasteiger partial charge on any atom is -0.487 e. The fraction of sp³-hybridized carbons (Fsp3) is 0.231. The summed E-state index contributed by atoms with van der Waals surface area (Å²) in [6.45, 7) is 3.25. The van der Waals surface area contributed by atoms with Crippen molar-refractivity contribution in [2.45, 2.75) is 25.6 Å². The first-order chi connectivity index (χ1) is 15.2. The summed E-state index contributed by atoms with van der Waals surface area (Å²) >= 11 is 0. The van der Waals surface area contributed by atoms with Gasteiger partial charge in [0.15, 0.2) is 0 Å². The van der Waals surface area contributed by atoms with Crippen LogP contribution in [0.4, 0.5) is 0 Å². The summed E-state index contributed by atoms with van der Waals surface area (Å²) in [7, 11) is 0. The molecule has 4 rings (SSSR count).